The number of rotatable bonds is 4. The van der Waals surface area contributed by atoms with Crippen molar-refractivity contribution in [3.8, 4) is 0 Å². The summed E-state index contributed by atoms with van der Waals surface area (Å²) >= 11 is 0. The van der Waals surface area contributed by atoms with E-state index in [4.69, 9.17) is 9.79 Å². The van der Waals surface area contributed by atoms with Gasteiger partial charge < -0.3 is 14.6 Å². The smallest absolute Gasteiger partial charge is 0.321 e. The lowest BCUT2D eigenvalue weighted by Crippen LogP contribution is -1.91. The SMILES string of the molecule is CC(C=O)C/C=C/P(=O)(O)O. The molecule has 0 aromatic heterocycles. The third-order valence-corrected chi connectivity index (χ3v) is 1.64. The molecule has 11 heavy (non-hydrogen) atoms. The molecule has 0 aromatic rings. The fraction of sp³-hybridized carbons (Fsp3) is 0.500. The van der Waals surface area contributed by atoms with Crippen LogP contribution >= 0.6 is 7.60 Å². The number of hydrogen-bond donors (Lipinski definition) is 2. The van der Waals surface area contributed by atoms with E-state index in [0.29, 0.717) is 6.42 Å². The summed E-state index contributed by atoms with van der Waals surface area (Å²) in [6.45, 7) is 1.68. The topological polar surface area (TPSA) is 74.6 Å². The molecule has 0 heterocycles. The highest BCUT2D eigenvalue weighted by Crippen LogP contribution is 2.36. The van der Waals surface area contributed by atoms with E-state index in [1.165, 1.54) is 6.08 Å². The maximum absolute atomic E-state index is 10.2. The zero-order chi connectivity index (χ0) is 8.91. The minimum atomic E-state index is -4.03. The van der Waals surface area contributed by atoms with Crippen LogP contribution in [0.5, 0.6) is 0 Å². The molecule has 0 saturated carbocycles. The number of carbonyl (C=O) groups excluding carboxylic acids is 1. The standard InChI is InChI=1S/C6H11O4P/c1-6(5-7)3-2-4-11(8,9)10/h2,4-6H,3H2,1H3,(H2,8,9,10)/b4-2+. The molecular formula is C6H11O4P. The van der Waals surface area contributed by atoms with Gasteiger partial charge in [-0.1, -0.05) is 13.0 Å². The van der Waals surface area contributed by atoms with Crippen molar-refractivity contribution in [2.75, 3.05) is 0 Å². The maximum Gasteiger partial charge on any atom is 0.348 e. The lowest BCUT2D eigenvalue weighted by molar-refractivity contribution is -0.110. The first-order valence-electron chi connectivity index (χ1n) is 3.14. The first-order valence-corrected chi connectivity index (χ1v) is 4.82. The number of hydrogen-bond acceptors (Lipinski definition) is 2. The van der Waals surface area contributed by atoms with Crippen molar-refractivity contribution in [1.29, 1.82) is 0 Å². The van der Waals surface area contributed by atoms with Gasteiger partial charge in [-0.25, -0.2) is 0 Å². The molecule has 64 valence electrons. The van der Waals surface area contributed by atoms with Gasteiger partial charge in [-0.05, 0) is 6.42 Å². The quantitative estimate of drug-likeness (QED) is 0.495. The van der Waals surface area contributed by atoms with Crippen LogP contribution in [0.1, 0.15) is 13.3 Å². The summed E-state index contributed by atoms with van der Waals surface area (Å²) in [5.74, 6) is 0.630. The average molecular weight is 178 g/mol. The van der Waals surface area contributed by atoms with E-state index in [2.05, 4.69) is 0 Å². The van der Waals surface area contributed by atoms with E-state index in [0.717, 1.165) is 12.1 Å². The first kappa shape index (κ1) is 10.6. The highest BCUT2D eigenvalue weighted by atomic mass is 31.2. The molecule has 0 spiro atoms. The summed E-state index contributed by atoms with van der Waals surface area (Å²) in [5, 5.41) is 0. The minimum Gasteiger partial charge on any atom is -0.321 e. The Morgan fingerprint density at radius 3 is 2.45 bits per heavy atom. The highest BCUT2D eigenvalue weighted by Gasteiger charge is 2.05. The van der Waals surface area contributed by atoms with Crippen molar-refractivity contribution in [1.82, 2.24) is 0 Å². The molecule has 0 bridgehead atoms. The van der Waals surface area contributed by atoms with E-state index in [1.54, 1.807) is 6.92 Å². The van der Waals surface area contributed by atoms with Crippen molar-refractivity contribution in [2.24, 2.45) is 5.92 Å². The van der Waals surface area contributed by atoms with Crippen LogP contribution in [0.25, 0.3) is 0 Å². The third-order valence-electron chi connectivity index (χ3n) is 1.04. The summed E-state index contributed by atoms with van der Waals surface area (Å²) in [7, 11) is -4.03. The molecule has 0 aromatic carbocycles. The second kappa shape index (κ2) is 4.44. The molecule has 0 aliphatic heterocycles. The fourth-order valence-electron chi connectivity index (χ4n) is 0.468. The van der Waals surface area contributed by atoms with Crippen LogP contribution in [0, 0.1) is 5.92 Å². The Bertz CT molecular complexity index is 193. The molecule has 1 atom stereocenters. The molecule has 2 N–H and O–H groups in total. The first-order chi connectivity index (χ1) is 4.95. The van der Waals surface area contributed by atoms with Crippen LogP contribution in [-0.2, 0) is 9.36 Å². The summed E-state index contributed by atoms with van der Waals surface area (Å²) in [6.07, 6.45) is 2.43. The van der Waals surface area contributed by atoms with Gasteiger partial charge in [0.1, 0.15) is 6.29 Å². The van der Waals surface area contributed by atoms with Crippen LogP contribution in [0.15, 0.2) is 11.9 Å². The van der Waals surface area contributed by atoms with Crippen molar-refractivity contribution >= 4 is 13.9 Å². The lowest BCUT2D eigenvalue weighted by atomic mass is 10.1. The molecule has 0 amide bonds. The van der Waals surface area contributed by atoms with E-state index < -0.39 is 7.60 Å². The molecule has 0 fully saturated rings. The van der Waals surface area contributed by atoms with Crippen LogP contribution < -0.4 is 0 Å². The zero-order valence-electron chi connectivity index (χ0n) is 6.17. The zero-order valence-corrected chi connectivity index (χ0v) is 7.07. The van der Waals surface area contributed by atoms with Crippen molar-refractivity contribution in [2.45, 2.75) is 13.3 Å². The Kier molecular flexibility index (Phi) is 4.26. The summed E-state index contributed by atoms with van der Waals surface area (Å²) in [4.78, 5) is 26.7. The average Bonchev–Trinajstić information content (AvgIpc) is 1.85. The number of allylic oxidation sites excluding steroid dienone is 1. The normalized spacial score (nSPS) is 15.2. The minimum absolute atomic E-state index is 0.183. The maximum atomic E-state index is 10.2. The van der Waals surface area contributed by atoms with Crippen molar-refractivity contribution in [3.63, 3.8) is 0 Å². The highest BCUT2D eigenvalue weighted by molar-refractivity contribution is 7.55. The number of carbonyl (C=O) groups is 1. The van der Waals surface area contributed by atoms with Gasteiger partial charge in [0.05, 0.1) is 0 Å². The molecule has 0 saturated heterocycles. The molecule has 0 aliphatic carbocycles. The predicted octanol–water partition coefficient (Wildman–Crippen LogP) is 0.903. The molecule has 0 radical (unpaired) electrons. The Morgan fingerprint density at radius 1 is 1.55 bits per heavy atom. The van der Waals surface area contributed by atoms with Crippen LogP contribution in [0.2, 0.25) is 0 Å². The van der Waals surface area contributed by atoms with Gasteiger partial charge in [-0.3, -0.25) is 4.57 Å². The van der Waals surface area contributed by atoms with Gasteiger partial charge in [-0.2, -0.15) is 0 Å². The van der Waals surface area contributed by atoms with Gasteiger partial charge in [-0.15, -0.1) is 0 Å². The van der Waals surface area contributed by atoms with E-state index in [9.17, 15) is 9.36 Å². The molecular weight excluding hydrogens is 167 g/mol. The van der Waals surface area contributed by atoms with Crippen LogP contribution in [0.3, 0.4) is 0 Å². The van der Waals surface area contributed by atoms with Gasteiger partial charge in [0.2, 0.25) is 0 Å². The molecule has 0 rings (SSSR count). The fourth-order valence-corrected chi connectivity index (χ4v) is 0.865. The van der Waals surface area contributed by atoms with Crippen molar-refractivity contribution in [3.05, 3.63) is 11.9 Å². The Hall–Kier alpha value is -0.440. The van der Waals surface area contributed by atoms with E-state index in [1.807, 2.05) is 0 Å². The second-order valence-electron chi connectivity index (χ2n) is 2.32. The van der Waals surface area contributed by atoms with E-state index in [-0.39, 0.29) is 5.92 Å². The summed E-state index contributed by atoms with van der Waals surface area (Å²) < 4.78 is 10.2. The number of aldehydes is 1. The van der Waals surface area contributed by atoms with E-state index >= 15 is 0 Å². The largest absolute Gasteiger partial charge is 0.348 e. The predicted molar refractivity (Wildman–Crippen MR) is 41.0 cm³/mol. The Morgan fingerprint density at radius 2 is 2.09 bits per heavy atom. The third kappa shape index (κ3) is 7.46. The van der Waals surface area contributed by atoms with Crippen molar-refractivity contribution < 1.29 is 19.1 Å². The van der Waals surface area contributed by atoms with Gasteiger partial charge in [0, 0.05) is 11.7 Å². The monoisotopic (exact) mass is 178 g/mol. The van der Waals surface area contributed by atoms with Crippen LogP contribution in [0.4, 0.5) is 0 Å². The van der Waals surface area contributed by atoms with Gasteiger partial charge >= 0.3 is 7.60 Å². The van der Waals surface area contributed by atoms with Gasteiger partial charge in [0.15, 0.2) is 0 Å². The molecule has 1 unspecified atom stereocenters. The van der Waals surface area contributed by atoms with Gasteiger partial charge in [0.25, 0.3) is 0 Å². The summed E-state index contributed by atoms with van der Waals surface area (Å²) in [6, 6.07) is 0. The second-order valence-corrected chi connectivity index (χ2v) is 3.80. The lowest BCUT2D eigenvalue weighted by Gasteiger charge is -1.96. The Balaban J connectivity index is 3.79. The molecule has 4 nitrogen and oxygen atoms in total. The molecule has 0 aliphatic rings. The van der Waals surface area contributed by atoms with Crippen LogP contribution in [-0.4, -0.2) is 16.1 Å². The Labute approximate surface area is 65.1 Å². The molecule has 5 heteroatoms. The summed E-state index contributed by atoms with van der Waals surface area (Å²) in [5.41, 5.74) is 0.